The number of primary amides is 1. The molecular weight excluding hydrogens is 374 g/mol. The molecule has 0 spiro atoms. The fourth-order valence-electron chi connectivity index (χ4n) is 3.76. The van der Waals surface area contributed by atoms with Crippen LogP contribution in [0.1, 0.15) is 24.0 Å². The van der Waals surface area contributed by atoms with Gasteiger partial charge in [-0.3, -0.25) is 4.79 Å². The van der Waals surface area contributed by atoms with E-state index in [4.69, 9.17) is 5.73 Å². The molecular formula is C24H23N5O. The second-order valence-corrected chi connectivity index (χ2v) is 7.28. The van der Waals surface area contributed by atoms with Crippen molar-refractivity contribution in [1.82, 2.24) is 20.6 Å². The molecule has 0 saturated carbocycles. The average Bonchev–Trinajstić information content (AvgIpc) is 3.30. The predicted octanol–water partition coefficient (Wildman–Crippen LogP) is 4.32. The van der Waals surface area contributed by atoms with Gasteiger partial charge in [0.1, 0.15) is 0 Å². The Morgan fingerprint density at radius 2 is 1.57 bits per heavy atom. The molecule has 0 fully saturated rings. The van der Waals surface area contributed by atoms with Gasteiger partial charge in [-0.2, -0.15) is 0 Å². The topological polar surface area (TPSA) is 97.6 Å². The van der Waals surface area contributed by atoms with Crippen molar-refractivity contribution in [1.29, 1.82) is 0 Å². The molecule has 4 rings (SSSR count). The first kappa shape index (κ1) is 19.5. The van der Waals surface area contributed by atoms with Crippen molar-refractivity contribution >= 4 is 5.91 Å². The van der Waals surface area contributed by atoms with Gasteiger partial charge in [-0.1, -0.05) is 66.7 Å². The van der Waals surface area contributed by atoms with E-state index in [1.165, 1.54) is 16.7 Å². The zero-order chi connectivity index (χ0) is 20.9. The summed E-state index contributed by atoms with van der Waals surface area (Å²) in [6, 6.07) is 22.9. The zero-order valence-corrected chi connectivity index (χ0v) is 16.8. The van der Waals surface area contributed by atoms with E-state index in [1.54, 1.807) is 0 Å². The van der Waals surface area contributed by atoms with E-state index in [9.17, 15) is 4.79 Å². The van der Waals surface area contributed by atoms with Crippen molar-refractivity contribution < 1.29 is 4.79 Å². The Morgan fingerprint density at radius 1 is 0.900 bits per heavy atom. The molecule has 1 amide bonds. The summed E-state index contributed by atoms with van der Waals surface area (Å²) in [5.74, 6) is 0.398. The number of tetrazole rings is 1. The van der Waals surface area contributed by atoms with E-state index in [0.29, 0.717) is 12.2 Å². The summed E-state index contributed by atoms with van der Waals surface area (Å²) in [7, 11) is 0. The number of rotatable bonds is 7. The van der Waals surface area contributed by atoms with Crippen molar-refractivity contribution in [2.24, 2.45) is 5.73 Å². The maximum absolute atomic E-state index is 11.0. The molecule has 0 saturated heterocycles. The zero-order valence-electron chi connectivity index (χ0n) is 16.8. The molecule has 0 atom stereocenters. The third-order valence-corrected chi connectivity index (χ3v) is 5.35. The maximum atomic E-state index is 11.0. The smallest absolute Gasteiger partial charge is 0.217 e. The van der Waals surface area contributed by atoms with Crippen LogP contribution in [-0.2, 0) is 11.2 Å². The fraction of sp³-hybridized carbons (Fsp3) is 0.167. The summed E-state index contributed by atoms with van der Waals surface area (Å²) >= 11 is 0. The summed E-state index contributed by atoms with van der Waals surface area (Å²) in [5.41, 5.74) is 13.2. The van der Waals surface area contributed by atoms with Gasteiger partial charge in [0.15, 0.2) is 5.82 Å². The molecule has 3 N–H and O–H groups in total. The van der Waals surface area contributed by atoms with Crippen LogP contribution in [-0.4, -0.2) is 26.5 Å². The summed E-state index contributed by atoms with van der Waals surface area (Å²) in [4.78, 5) is 11.0. The van der Waals surface area contributed by atoms with Gasteiger partial charge in [0, 0.05) is 12.0 Å². The number of H-pyrrole nitrogens is 1. The van der Waals surface area contributed by atoms with Crippen molar-refractivity contribution in [3.05, 3.63) is 77.9 Å². The van der Waals surface area contributed by atoms with Crippen molar-refractivity contribution in [3.63, 3.8) is 0 Å². The van der Waals surface area contributed by atoms with Crippen LogP contribution in [0.5, 0.6) is 0 Å². The highest BCUT2D eigenvalue weighted by atomic mass is 16.1. The Labute approximate surface area is 175 Å². The number of nitrogens with zero attached hydrogens (tertiary/aromatic N) is 3. The van der Waals surface area contributed by atoms with Crippen LogP contribution in [0.3, 0.4) is 0 Å². The Balaban J connectivity index is 1.62. The van der Waals surface area contributed by atoms with Crippen LogP contribution in [0.25, 0.3) is 33.6 Å². The fourth-order valence-corrected chi connectivity index (χ4v) is 3.76. The number of carbonyl (C=O) groups excluding carboxylic acids is 1. The molecule has 150 valence electrons. The van der Waals surface area contributed by atoms with Crippen molar-refractivity contribution in [2.75, 3.05) is 0 Å². The molecule has 0 aliphatic rings. The van der Waals surface area contributed by atoms with Gasteiger partial charge in [-0.15, -0.1) is 5.10 Å². The second-order valence-electron chi connectivity index (χ2n) is 7.28. The molecule has 4 aromatic rings. The number of nitrogens with one attached hydrogen (secondary N) is 1. The molecule has 0 aliphatic carbocycles. The van der Waals surface area contributed by atoms with Crippen molar-refractivity contribution in [2.45, 2.75) is 26.2 Å². The lowest BCUT2D eigenvalue weighted by molar-refractivity contribution is -0.118. The van der Waals surface area contributed by atoms with Crippen LogP contribution in [0.2, 0.25) is 0 Å². The quantitative estimate of drug-likeness (QED) is 0.485. The van der Waals surface area contributed by atoms with Gasteiger partial charge in [-0.25, -0.2) is 5.10 Å². The van der Waals surface area contributed by atoms with E-state index in [-0.39, 0.29) is 5.91 Å². The monoisotopic (exact) mass is 397 g/mol. The lowest BCUT2D eigenvalue weighted by atomic mass is 9.92. The van der Waals surface area contributed by atoms with E-state index in [1.807, 2.05) is 18.2 Å². The number of aromatic amines is 1. The highest BCUT2D eigenvalue weighted by molar-refractivity contribution is 5.82. The molecule has 0 unspecified atom stereocenters. The third-order valence-electron chi connectivity index (χ3n) is 5.35. The van der Waals surface area contributed by atoms with Crippen LogP contribution in [0.15, 0.2) is 66.7 Å². The number of hydrogen-bond donors (Lipinski definition) is 2. The minimum absolute atomic E-state index is 0.249. The number of aryl methyl sites for hydroxylation is 1. The maximum Gasteiger partial charge on any atom is 0.217 e. The molecule has 3 aromatic carbocycles. The minimum atomic E-state index is -0.249. The van der Waals surface area contributed by atoms with E-state index in [0.717, 1.165) is 35.1 Å². The van der Waals surface area contributed by atoms with Crippen LogP contribution >= 0.6 is 0 Å². The normalized spacial score (nSPS) is 10.8. The van der Waals surface area contributed by atoms with E-state index in [2.05, 4.69) is 76.1 Å². The minimum Gasteiger partial charge on any atom is -0.370 e. The van der Waals surface area contributed by atoms with Crippen LogP contribution in [0, 0.1) is 6.92 Å². The molecule has 1 heterocycles. The molecule has 30 heavy (non-hydrogen) atoms. The molecule has 0 bridgehead atoms. The summed E-state index contributed by atoms with van der Waals surface area (Å²) < 4.78 is 0. The lowest BCUT2D eigenvalue weighted by Crippen LogP contribution is -2.10. The van der Waals surface area contributed by atoms with Gasteiger partial charge in [0.2, 0.25) is 5.91 Å². The second kappa shape index (κ2) is 8.69. The first-order valence-corrected chi connectivity index (χ1v) is 9.94. The predicted molar refractivity (Wildman–Crippen MR) is 117 cm³/mol. The summed E-state index contributed by atoms with van der Waals surface area (Å²) in [6.45, 7) is 2.13. The first-order valence-electron chi connectivity index (χ1n) is 9.94. The van der Waals surface area contributed by atoms with Gasteiger partial charge in [0.05, 0.1) is 0 Å². The number of nitrogens with two attached hydrogens (primary N) is 1. The third kappa shape index (κ3) is 4.12. The summed E-state index contributed by atoms with van der Waals surface area (Å²) in [6.07, 6.45) is 2.03. The Morgan fingerprint density at radius 3 is 2.23 bits per heavy atom. The lowest BCUT2D eigenvalue weighted by Gasteiger charge is -2.13. The molecule has 1 aromatic heterocycles. The summed E-state index contributed by atoms with van der Waals surface area (Å²) in [5, 5.41) is 14.3. The Kier molecular flexibility index (Phi) is 5.66. The standard InChI is InChI=1S/C24H23N5O/c1-16-17(7-5-11-23(25)30)6-4-10-20(16)18-12-14-19(15-13-18)21-8-2-3-9-22(21)24-26-28-29-27-24/h2-4,6,8-10,12-15H,5,7,11H2,1H3,(H2,25,30)(H,26,27,28,29). The van der Waals surface area contributed by atoms with Gasteiger partial charge in [0.25, 0.3) is 0 Å². The number of benzene rings is 3. The molecule has 6 nitrogen and oxygen atoms in total. The number of hydrogen-bond acceptors (Lipinski definition) is 4. The largest absolute Gasteiger partial charge is 0.370 e. The van der Waals surface area contributed by atoms with Crippen molar-refractivity contribution in [3.8, 4) is 33.6 Å². The van der Waals surface area contributed by atoms with Crippen LogP contribution in [0.4, 0.5) is 0 Å². The van der Waals surface area contributed by atoms with Crippen LogP contribution < -0.4 is 5.73 Å². The molecule has 6 heteroatoms. The molecule has 0 radical (unpaired) electrons. The number of amides is 1. The number of aromatic nitrogens is 4. The highest BCUT2D eigenvalue weighted by Gasteiger charge is 2.11. The van der Waals surface area contributed by atoms with Gasteiger partial charge in [-0.05, 0) is 63.6 Å². The number of carbonyl (C=O) groups is 1. The first-order chi connectivity index (χ1) is 14.6. The molecule has 0 aliphatic heterocycles. The Bertz CT molecular complexity index is 1150. The van der Waals surface area contributed by atoms with E-state index >= 15 is 0 Å². The van der Waals surface area contributed by atoms with Gasteiger partial charge >= 0.3 is 0 Å². The highest BCUT2D eigenvalue weighted by Crippen LogP contribution is 2.32. The van der Waals surface area contributed by atoms with Gasteiger partial charge < -0.3 is 5.73 Å². The average molecular weight is 397 g/mol. The van der Waals surface area contributed by atoms with E-state index < -0.39 is 0 Å². The Hall–Kier alpha value is -3.80. The SMILES string of the molecule is Cc1c(CCCC(N)=O)cccc1-c1ccc(-c2ccccc2-c2nnn[nH]2)cc1.